The molecule has 1 amide bonds. The van der Waals surface area contributed by atoms with Gasteiger partial charge in [0, 0.05) is 74.1 Å². The van der Waals surface area contributed by atoms with E-state index in [0.29, 0.717) is 24.2 Å². The first-order valence-corrected chi connectivity index (χ1v) is 16.7. The van der Waals surface area contributed by atoms with Gasteiger partial charge in [-0.05, 0) is 83.8 Å². The lowest BCUT2D eigenvalue weighted by Gasteiger charge is -2.59. The van der Waals surface area contributed by atoms with E-state index in [1.165, 1.54) is 48.6 Å². The lowest BCUT2D eigenvalue weighted by molar-refractivity contribution is -0.0352. The van der Waals surface area contributed by atoms with Gasteiger partial charge in [-0.25, -0.2) is 14.4 Å². The Kier molecular flexibility index (Phi) is 8.54. The average molecular weight is 630 g/mol. The molecule has 2 saturated heterocycles. The van der Waals surface area contributed by atoms with Gasteiger partial charge in [-0.15, -0.1) is 0 Å². The van der Waals surface area contributed by atoms with Crippen molar-refractivity contribution >= 4 is 11.7 Å². The third kappa shape index (κ3) is 6.14. The standard InChI is InChI=1S/C35H44FN7O3/c1-4-43(23(2)3)34(44)27-15-24(36)5-6-30(27)46-32-18-37-22-40-33(32)42-20-35(21-42)16-26(17-35)45-31-8-12-39-29-10-14-41(19-28(29)31)13-9-25-7-11-38-25/h5-6,8,12,15,18,22-23,25-26,38H,4,7,9-11,13-14,16-17,19-21H2,1-3H3/t25-/m0/s1. The van der Waals surface area contributed by atoms with Gasteiger partial charge in [0.15, 0.2) is 11.6 Å². The normalized spacial score (nSPS) is 20.5. The van der Waals surface area contributed by atoms with Crippen molar-refractivity contribution in [2.24, 2.45) is 5.41 Å². The number of ether oxygens (including phenoxy) is 2. The van der Waals surface area contributed by atoms with Crippen molar-refractivity contribution in [1.29, 1.82) is 0 Å². The molecular weight excluding hydrogens is 585 g/mol. The number of carbonyl (C=O) groups is 1. The molecule has 3 fully saturated rings. The minimum Gasteiger partial charge on any atom is -0.490 e. The minimum atomic E-state index is -0.488. The highest BCUT2D eigenvalue weighted by Crippen LogP contribution is 2.52. The van der Waals surface area contributed by atoms with Crippen LogP contribution in [0, 0.1) is 11.2 Å². The number of nitrogens with one attached hydrogen (secondary N) is 1. The van der Waals surface area contributed by atoms with Gasteiger partial charge in [0.25, 0.3) is 5.91 Å². The average Bonchev–Trinajstić information content (AvgIpc) is 2.98. The lowest BCUT2D eigenvalue weighted by atomic mass is 9.61. The fraction of sp³-hybridized carbons (Fsp3) is 0.543. The third-order valence-corrected chi connectivity index (χ3v) is 10.1. The number of carbonyl (C=O) groups excluding carboxylic acids is 1. The van der Waals surface area contributed by atoms with Crippen LogP contribution in [0.3, 0.4) is 0 Å². The Morgan fingerprint density at radius 1 is 1.17 bits per heavy atom. The summed E-state index contributed by atoms with van der Waals surface area (Å²) in [4.78, 5) is 33.2. The Morgan fingerprint density at radius 3 is 2.74 bits per heavy atom. The predicted octanol–water partition coefficient (Wildman–Crippen LogP) is 4.83. The second-order valence-corrected chi connectivity index (χ2v) is 13.6. The van der Waals surface area contributed by atoms with E-state index in [0.717, 1.165) is 64.3 Å². The molecule has 2 aromatic heterocycles. The summed E-state index contributed by atoms with van der Waals surface area (Å²) in [5.74, 6) is 1.62. The molecule has 7 rings (SSSR count). The summed E-state index contributed by atoms with van der Waals surface area (Å²) in [5.41, 5.74) is 2.79. The zero-order valence-electron chi connectivity index (χ0n) is 27.0. The molecule has 1 spiro atoms. The van der Waals surface area contributed by atoms with E-state index in [9.17, 15) is 9.18 Å². The first-order chi connectivity index (χ1) is 22.3. The first-order valence-electron chi connectivity index (χ1n) is 16.7. The quantitative estimate of drug-likeness (QED) is 0.320. The minimum absolute atomic E-state index is 0.0326. The molecule has 46 heavy (non-hydrogen) atoms. The van der Waals surface area contributed by atoms with Crippen LogP contribution in [0.1, 0.15) is 68.1 Å². The topological polar surface area (TPSA) is 96.0 Å². The second-order valence-electron chi connectivity index (χ2n) is 13.6. The molecule has 244 valence electrons. The van der Waals surface area contributed by atoms with Gasteiger partial charge in [-0.1, -0.05) is 0 Å². The Balaban J connectivity index is 0.977. The molecule has 10 nitrogen and oxygen atoms in total. The number of fused-ring (bicyclic) bond motifs is 1. The number of aromatic nitrogens is 3. The van der Waals surface area contributed by atoms with Crippen LogP contribution >= 0.6 is 0 Å². The van der Waals surface area contributed by atoms with Crippen molar-refractivity contribution in [3.8, 4) is 17.2 Å². The van der Waals surface area contributed by atoms with E-state index < -0.39 is 5.82 Å². The van der Waals surface area contributed by atoms with Crippen LogP contribution in [0.5, 0.6) is 17.2 Å². The van der Waals surface area contributed by atoms with Crippen LogP contribution in [0.15, 0.2) is 43.0 Å². The van der Waals surface area contributed by atoms with Crippen LogP contribution < -0.4 is 19.7 Å². The molecule has 1 N–H and O–H groups in total. The molecule has 1 saturated carbocycles. The number of pyridine rings is 1. The highest BCUT2D eigenvalue weighted by atomic mass is 19.1. The van der Waals surface area contributed by atoms with Crippen LogP contribution in [0.4, 0.5) is 10.2 Å². The van der Waals surface area contributed by atoms with E-state index in [1.54, 1.807) is 11.1 Å². The number of nitrogens with zero attached hydrogens (tertiary/aromatic N) is 6. The fourth-order valence-corrected chi connectivity index (χ4v) is 7.44. The van der Waals surface area contributed by atoms with Crippen LogP contribution in [-0.4, -0.2) is 88.1 Å². The SMILES string of the molecule is CCN(C(=O)c1cc(F)ccc1Oc1cncnc1N1CC2(CC(Oc3ccnc4c3CN(CC[C@@H]3CCN3)CC4)C2)C1)C(C)C. The van der Waals surface area contributed by atoms with Crippen LogP contribution in [-0.2, 0) is 13.0 Å². The zero-order valence-corrected chi connectivity index (χ0v) is 27.0. The van der Waals surface area contributed by atoms with Crippen LogP contribution in [0.2, 0.25) is 0 Å². The number of halogens is 1. The van der Waals surface area contributed by atoms with Crippen molar-refractivity contribution in [3.63, 3.8) is 0 Å². The van der Waals surface area contributed by atoms with E-state index in [4.69, 9.17) is 9.47 Å². The van der Waals surface area contributed by atoms with Crippen molar-refractivity contribution in [3.05, 3.63) is 65.6 Å². The summed E-state index contributed by atoms with van der Waals surface area (Å²) >= 11 is 0. The molecule has 4 aliphatic rings. The number of benzene rings is 1. The molecule has 1 atom stereocenters. The van der Waals surface area contributed by atoms with Gasteiger partial charge < -0.3 is 24.6 Å². The molecule has 3 aromatic rings. The summed E-state index contributed by atoms with van der Waals surface area (Å²) in [6.45, 7) is 12.2. The van der Waals surface area contributed by atoms with Crippen LogP contribution in [0.25, 0.3) is 0 Å². The van der Waals surface area contributed by atoms with Crippen molar-refractivity contribution in [2.75, 3.05) is 44.2 Å². The second kappa shape index (κ2) is 12.8. The summed E-state index contributed by atoms with van der Waals surface area (Å²) in [6, 6.07) is 6.72. The highest BCUT2D eigenvalue weighted by molar-refractivity contribution is 5.97. The largest absolute Gasteiger partial charge is 0.490 e. The molecule has 11 heteroatoms. The van der Waals surface area contributed by atoms with E-state index in [-0.39, 0.29) is 34.8 Å². The lowest BCUT2D eigenvalue weighted by Crippen LogP contribution is -2.65. The van der Waals surface area contributed by atoms with E-state index in [1.807, 2.05) is 33.0 Å². The Hall–Kier alpha value is -3.83. The van der Waals surface area contributed by atoms with E-state index >= 15 is 0 Å². The number of amides is 1. The van der Waals surface area contributed by atoms with Crippen molar-refractivity contribution in [1.82, 2.24) is 30.1 Å². The predicted molar refractivity (Wildman–Crippen MR) is 173 cm³/mol. The van der Waals surface area contributed by atoms with Gasteiger partial charge >= 0.3 is 0 Å². The number of anilines is 1. The summed E-state index contributed by atoms with van der Waals surface area (Å²) in [5, 5.41) is 3.51. The molecule has 5 heterocycles. The molecular formula is C35H44FN7O3. The monoisotopic (exact) mass is 629 g/mol. The number of rotatable bonds is 11. The van der Waals surface area contributed by atoms with Gasteiger partial charge in [0.1, 0.15) is 29.7 Å². The molecule has 1 aromatic carbocycles. The van der Waals surface area contributed by atoms with Gasteiger partial charge in [0.05, 0.1) is 11.8 Å². The van der Waals surface area contributed by atoms with Gasteiger partial charge in [0.2, 0.25) is 0 Å². The smallest absolute Gasteiger partial charge is 0.257 e. The van der Waals surface area contributed by atoms with Crippen molar-refractivity contribution in [2.45, 2.75) is 77.6 Å². The molecule has 0 unspecified atom stereocenters. The molecule has 0 radical (unpaired) electrons. The summed E-state index contributed by atoms with van der Waals surface area (Å²) in [7, 11) is 0. The third-order valence-electron chi connectivity index (χ3n) is 10.1. The molecule has 0 bridgehead atoms. The maximum atomic E-state index is 14.3. The summed E-state index contributed by atoms with van der Waals surface area (Å²) < 4.78 is 27.1. The first kappa shape index (κ1) is 30.8. The number of hydrogen-bond donors (Lipinski definition) is 1. The maximum absolute atomic E-state index is 14.3. The van der Waals surface area contributed by atoms with E-state index in [2.05, 4.69) is 30.1 Å². The Labute approximate surface area is 270 Å². The number of hydrogen-bond acceptors (Lipinski definition) is 9. The molecule has 1 aliphatic carbocycles. The zero-order chi connectivity index (χ0) is 31.8. The van der Waals surface area contributed by atoms with Crippen molar-refractivity contribution < 1.29 is 18.7 Å². The highest BCUT2D eigenvalue weighted by Gasteiger charge is 2.54. The summed E-state index contributed by atoms with van der Waals surface area (Å²) in [6.07, 6.45) is 10.6. The Morgan fingerprint density at radius 2 is 2.00 bits per heavy atom. The van der Waals surface area contributed by atoms with Gasteiger partial charge in [-0.2, -0.15) is 0 Å². The fourth-order valence-electron chi connectivity index (χ4n) is 7.44. The van der Waals surface area contributed by atoms with Gasteiger partial charge in [-0.3, -0.25) is 14.7 Å². The molecule has 3 aliphatic heterocycles. The maximum Gasteiger partial charge on any atom is 0.257 e. The Bertz CT molecular complexity index is 1570.